The van der Waals surface area contributed by atoms with E-state index < -0.39 is 0 Å². The van der Waals surface area contributed by atoms with Gasteiger partial charge in [-0.05, 0) is 55.1 Å². The van der Waals surface area contributed by atoms with Crippen molar-refractivity contribution in [1.82, 2.24) is 5.32 Å². The van der Waals surface area contributed by atoms with Gasteiger partial charge in [-0.1, -0.05) is 18.2 Å². The Labute approximate surface area is 123 Å². The molecule has 0 fully saturated rings. The van der Waals surface area contributed by atoms with Gasteiger partial charge in [-0.25, -0.2) is 4.99 Å². The number of ether oxygens (including phenoxy) is 1. The molecule has 3 N–H and O–H groups in total. The summed E-state index contributed by atoms with van der Waals surface area (Å²) in [5.41, 5.74) is 7.09. The second kappa shape index (κ2) is 7.60. The Morgan fingerprint density at radius 1 is 1.32 bits per heavy atom. The number of benzene rings is 1. The molecule has 0 spiro atoms. The summed E-state index contributed by atoms with van der Waals surface area (Å²) < 4.78 is 5.09. The monoisotopic (exact) mass is 293 g/mol. The van der Waals surface area contributed by atoms with Crippen LogP contribution in [0.25, 0.3) is 6.08 Å². The number of nitrogens with zero attached hydrogens (tertiary/aromatic N) is 1. The first-order chi connectivity index (χ1) is 9.01. The average Bonchev–Trinajstić information content (AvgIpc) is 2.36. The normalized spacial score (nSPS) is 11.4. The third-order valence-corrected chi connectivity index (χ3v) is 2.44. The van der Waals surface area contributed by atoms with Crippen molar-refractivity contribution in [2.24, 2.45) is 10.7 Å². The van der Waals surface area contributed by atoms with E-state index in [0.717, 1.165) is 17.0 Å². The third-order valence-electron chi connectivity index (χ3n) is 2.14. The van der Waals surface area contributed by atoms with Crippen LogP contribution in [-0.4, -0.2) is 23.0 Å². The molecular formula is C13H15N3OS2. The number of aliphatic imine (C=N–C) groups is 1. The number of nitrogens with two attached hydrogens (primary N) is 1. The number of nitrogens with one attached hydrogen (secondary N) is 1. The maximum absolute atomic E-state index is 5.30. The SMILES string of the molecule is COc1ccc(/C=C\C(C)=NC(=S)NC(N)=S)cc1. The quantitative estimate of drug-likeness (QED) is 0.661. The van der Waals surface area contributed by atoms with Crippen molar-refractivity contribution in [3.8, 4) is 5.75 Å². The van der Waals surface area contributed by atoms with Crippen molar-refractivity contribution in [3.05, 3.63) is 35.9 Å². The number of hydrogen-bond acceptors (Lipinski definition) is 3. The van der Waals surface area contributed by atoms with E-state index >= 15 is 0 Å². The highest BCUT2D eigenvalue weighted by Gasteiger charge is 1.94. The molecule has 0 atom stereocenters. The van der Waals surface area contributed by atoms with Crippen LogP contribution < -0.4 is 15.8 Å². The van der Waals surface area contributed by atoms with Crippen LogP contribution in [0, 0.1) is 0 Å². The Bertz CT molecular complexity index is 521. The van der Waals surface area contributed by atoms with Crippen LogP contribution in [-0.2, 0) is 0 Å². The highest BCUT2D eigenvalue weighted by molar-refractivity contribution is 7.81. The van der Waals surface area contributed by atoms with Crippen LogP contribution in [0.5, 0.6) is 5.75 Å². The molecule has 0 aromatic heterocycles. The topological polar surface area (TPSA) is 59.6 Å². The van der Waals surface area contributed by atoms with Gasteiger partial charge in [-0.2, -0.15) is 0 Å². The maximum Gasteiger partial charge on any atom is 0.199 e. The van der Waals surface area contributed by atoms with Crippen molar-refractivity contribution in [2.75, 3.05) is 7.11 Å². The summed E-state index contributed by atoms with van der Waals surface area (Å²) in [5, 5.41) is 2.96. The summed E-state index contributed by atoms with van der Waals surface area (Å²) >= 11 is 9.62. The number of methoxy groups -OCH3 is 1. The molecule has 1 aromatic rings. The molecule has 0 amide bonds. The Morgan fingerprint density at radius 2 is 1.95 bits per heavy atom. The van der Waals surface area contributed by atoms with Crippen LogP contribution in [0.3, 0.4) is 0 Å². The predicted molar refractivity (Wildman–Crippen MR) is 87.7 cm³/mol. The van der Waals surface area contributed by atoms with E-state index in [4.69, 9.17) is 22.7 Å². The van der Waals surface area contributed by atoms with Crippen LogP contribution in [0.2, 0.25) is 0 Å². The highest BCUT2D eigenvalue weighted by Crippen LogP contribution is 2.12. The van der Waals surface area contributed by atoms with Gasteiger partial charge in [0.05, 0.1) is 7.11 Å². The number of thiocarbonyl (C=S) groups is 2. The van der Waals surface area contributed by atoms with Crippen molar-refractivity contribution >= 4 is 46.4 Å². The van der Waals surface area contributed by atoms with Crippen molar-refractivity contribution < 1.29 is 4.74 Å². The summed E-state index contributed by atoms with van der Waals surface area (Å²) in [6.07, 6.45) is 3.79. The van der Waals surface area contributed by atoms with E-state index in [9.17, 15) is 0 Å². The lowest BCUT2D eigenvalue weighted by Gasteiger charge is -2.01. The molecule has 0 radical (unpaired) electrons. The summed E-state index contributed by atoms with van der Waals surface area (Å²) in [5.74, 6) is 0.823. The van der Waals surface area contributed by atoms with E-state index in [1.165, 1.54) is 0 Å². The molecule has 0 aliphatic heterocycles. The van der Waals surface area contributed by atoms with Crippen LogP contribution in [0.4, 0.5) is 0 Å². The molecule has 0 aliphatic carbocycles. The largest absolute Gasteiger partial charge is 0.497 e. The first-order valence-corrected chi connectivity index (χ1v) is 6.31. The summed E-state index contributed by atoms with van der Waals surface area (Å²) in [4.78, 5) is 4.12. The molecule has 19 heavy (non-hydrogen) atoms. The zero-order chi connectivity index (χ0) is 14.3. The molecule has 0 saturated carbocycles. The second-order valence-electron chi connectivity index (χ2n) is 3.65. The molecular weight excluding hydrogens is 278 g/mol. The zero-order valence-electron chi connectivity index (χ0n) is 10.7. The van der Waals surface area contributed by atoms with Gasteiger partial charge in [0.2, 0.25) is 0 Å². The van der Waals surface area contributed by atoms with Gasteiger partial charge in [0.15, 0.2) is 10.2 Å². The van der Waals surface area contributed by atoms with Gasteiger partial charge in [0.1, 0.15) is 5.75 Å². The van der Waals surface area contributed by atoms with Gasteiger partial charge in [-0.15, -0.1) is 0 Å². The number of hydrogen-bond donors (Lipinski definition) is 2. The van der Waals surface area contributed by atoms with Gasteiger partial charge < -0.3 is 15.8 Å². The van der Waals surface area contributed by atoms with Crippen molar-refractivity contribution in [2.45, 2.75) is 6.92 Å². The van der Waals surface area contributed by atoms with E-state index in [0.29, 0.717) is 0 Å². The van der Waals surface area contributed by atoms with E-state index in [1.807, 2.05) is 43.3 Å². The molecule has 0 heterocycles. The van der Waals surface area contributed by atoms with Gasteiger partial charge in [0, 0.05) is 5.71 Å². The minimum Gasteiger partial charge on any atom is -0.497 e. The molecule has 4 nitrogen and oxygen atoms in total. The summed E-state index contributed by atoms with van der Waals surface area (Å²) in [6.45, 7) is 1.84. The Balaban J connectivity index is 2.66. The second-order valence-corrected chi connectivity index (χ2v) is 4.48. The summed E-state index contributed by atoms with van der Waals surface area (Å²) in [6, 6.07) is 7.69. The third kappa shape index (κ3) is 6.08. The zero-order valence-corrected chi connectivity index (χ0v) is 12.3. The van der Waals surface area contributed by atoms with Crippen LogP contribution in [0.1, 0.15) is 12.5 Å². The Hall–Kier alpha value is -1.79. The van der Waals surface area contributed by atoms with E-state index in [1.54, 1.807) is 7.11 Å². The van der Waals surface area contributed by atoms with E-state index in [-0.39, 0.29) is 10.2 Å². The fourth-order valence-corrected chi connectivity index (χ4v) is 1.68. The maximum atomic E-state index is 5.30. The first-order valence-electron chi connectivity index (χ1n) is 5.49. The predicted octanol–water partition coefficient (Wildman–Crippen LogP) is 2.29. The van der Waals surface area contributed by atoms with Crippen LogP contribution in [0.15, 0.2) is 35.3 Å². The molecule has 0 unspecified atom stereocenters. The molecule has 1 rings (SSSR count). The summed E-state index contributed by atoms with van der Waals surface area (Å²) in [7, 11) is 1.64. The lowest BCUT2D eigenvalue weighted by Crippen LogP contribution is -2.32. The fraction of sp³-hybridized carbons (Fsp3) is 0.154. The van der Waals surface area contributed by atoms with E-state index in [2.05, 4.69) is 22.5 Å². The lowest BCUT2D eigenvalue weighted by atomic mass is 10.2. The van der Waals surface area contributed by atoms with Crippen molar-refractivity contribution in [3.63, 3.8) is 0 Å². The molecule has 100 valence electrons. The average molecular weight is 293 g/mol. The lowest BCUT2D eigenvalue weighted by molar-refractivity contribution is 0.415. The highest BCUT2D eigenvalue weighted by atomic mass is 32.1. The Morgan fingerprint density at radius 3 is 2.47 bits per heavy atom. The molecule has 0 bridgehead atoms. The Kier molecular flexibility index (Phi) is 6.11. The minimum atomic E-state index is 0.112. The van der Waals surface area contributed by atoms with Gasteiger partial charge >= 0.3 is 0 Å². The van der Waals surface area contributed by atoms with Gasteiger partial charge in [0.25, 0.3) is 0 Å². The van der Waals surface area contributed by atoms with Gasteiger partial charge in [-0.3, -0.25) is 0 Å². The van der Waals surface area contributed by atoms with Crippen molar-refractivity contribution in [1.29, 1.82) is 0 Å². The molecule has 1 aromatic carbocycles. The standard InChI is InChI=1S/C13H15N3OS2/c1-9(15-13(19)16-12(14)18)3-4-10-5-7-11(17-2)8-6-10/h3-8H,1-2H3,(H3,14,16,18,19)/b4-3-,15-9?. The number of allylic oxidation sites excluding steroid dienone is 1. The minimum absolute atomic E-state index is 0.112. The molecule has 0 saturated heterocycles. The molecule has 0 aliphatic rings. The first kappa shape index (κ1) is 15.3. The molecule has 6 heteroatoms. The van der Waals surface area contributed by atoms with Crippen LogP contribution >= 0.6 is 24.4 Å². The number of rotatable bonds is 3. The fourth-order valence-electron chi connectivity index (χ4n) is 1.26. The smallest absolute Gasteiger partial charge is 0.199 e.